The lowest BCUT2D eigenvalue weighted by Crippen LogP contribution is -1.94. The lowest BCUT2D eigenvalue weighted by Gasteiger charge is -2.11. The van der Waals surface area contributed by atoms with Crippen LogP contribution in [-0.2, 0) is 6.42 Å². The molecule has 0 spiro atoms. The van der Waals surface area contributed by atoms with Gasteiger partial charge in [0.25, 0.3) is 0 Å². The quantitative estimate of drug-likeness (QED) is 0.454. The second kappa shape index (κ2) is 4.77. The number of aryl methyl sites for hydroxylation is 3. The second-order valence-electron chi connectivity index (χ2n) is 6.01. The highest BCUT2D eigenvalue weighted by atomic mass is 14.8. The van der Waals surface area contributed by atoms with E-state index in [4.69, 9.17) is 9.97 Å². The number of fused-ring (bicyclic) bond motifs is 6. The topological polar surface area (TPSA) is 25.8 Å². The lowest BCUT2D eigenvalue weighted by atomic mass is 9.97. The van der Waals surface area contributed by atoms with E-state index < -0.39 is 0 Å². The summed E-state index contributed by atoms with van der Waals surface area (Å²) in [6.45, 7) is 6.37. The van der Waals surface area contributed by atoms with Crippen molar-refractivity contribution in [2.24, 2.45) is 0 Å². The Hall–Kier alpha value is -2.48. The molecule has 0 unspecified atom stereocenters. The minimum Gasteiger partial charge on any atom is -0.252 e. The number of hydrogen-bond acceptors (Lipinski definition) is 2. The molecule has 0 fully saturated rings. The van der Waals surface area contributed by atoms with Crippen molar-refractivity contribution in [3.63, 3.8) is 0 Å². The molecule has 0 N–H and O–H groups in total. The molecule has 4 aromatic rings. The van der Waals surface area contributed by atoms with E-state index >= 15 is 0 Å². The second-order valence-corrected chi connectivity index (χ2v) is 6.01. The molecule has 0 saturated heterocycles. The molecule has 0 saturated carbocycles. The first-order valence-corrected chi connectivity index (χ1v) is 7.75. The standard InChI is InChI=1S/C20H18N2/c1-4-14-11-21-19-17-9-12(2)5-7-15(17)16-8-6-13(3)10-18(16)20(19)22-14/h5-11H,4H2,1-3H3. The molecule has 108 valence electrons. The first kappa shape index (κ1) is 13.2. The zero-order valence-electron chi connectivity index (χ0n) is 13.1. The normalized spacial score (nSPS) is 11.6. The monoisotopic (exact) mass is 286 g/mol. The van der Waals surface area contributed by atoms with E-state index in [1.54, 1.807) is 0 Å². The molecule has 0 bridgehead atoms. The summed E-state index contributed by atoms with van der Waals surface area (Å²) >= 11 is 0. The van der Waals surface area contributed by atoms with Gasteiger partial charge in [-0.25, -0.2) is 4.98 Å². The van der Waals surface area contributed by atoms with Crippen LogP contribution >= 0.6 is 0 Å². The van der Waals surface area contributed by atoms with Gasteiger partial charge < -0.3 is 0 Å². The molecule has 0 aliphatic carbocycles. The van der Waals surface area contributed by atoms with Gasteiger partial charge in [0, 0.05) is 17.0 Å². The molecule has 0 radical (unpaired) electrons. The van der Waals surface area contributed by atoms with Gasteiger partial charge >= 0.3 is 0 Å². The third-order valence-corrected chi connectivity index (χ3v) is 4.34. The van der Waals surface area contributed by atoms with Crippen LogP contribution in [0.4, 0.5) is 0 Å². The van der Waals surface area contributed by atoms with Crippen molar-refractivity contribution in [1.29, 1.82) is 0 Å². The molecule has 22 heavy (non-hydrogen) atoms. The third-order valence-electron chi connectivity index (χ3n) is 4.34. The summed E-state index contributed by atoms with van der Waals surface area (Å²) < 4.78 is 0. The Kier molecular flexibility index (Phi) is 2.86. The third kappa shape index (κ3) is 1.87. The maximum atomic E-state index is 4.88. The average Bonchev–Trinajstić information content (AvgIpc) is 2.54. The summed E-state index contributed by atoms with van der Waals surface area (Å²) in [5.74, 6) is 0. The summed E-state index contributed by atoms with van der Waals surface area (Å²) in [7, 11) is 0. The molecular weight excluding hydrogens is 268 g/mol. The summed E-state index contributed by atoms with van der Waals surface area (Å²) in [5, 5.41) is 4.91. The van der Waals surface area contributed by atoms with E-state index in [0.29, 0.717) is 0 Å². The van der Waals surface area contributed by atoms with Gasteiger partial charge in [-0.15, -0.1) is 0 Å². The van der Waals surface area contributed by atoms with Crippen molar-refractivity contribution in [2.75, 3.05) is 0 Å². The summed E-state index contributed by atoms with van der Waals surface area (Å²) in [5.41, 5.74) is 5.58. The Morgan fingerprint density at radius 3 is 1.95 bits per heavy atom. The van der Waals surface area contributed by atoms with Gasteiger partial charge in [-0.2, -0.15) is 0 Å². The van der Waals surface area contributed by atoms with E-state index in [9.17, 15) is 0 Å². The molecule has 0 aliphatic heterocycles. The Morgan fingerprint density at radius 2 is 1.36 bits per heavy atom. The molecule has 2 nitrogen and oxygen atoms in total. The van der Waals surface area contributed by atoms with Crippen molar-refractivity contribution in [2.45, 2.75) is 27.2 Å². The summed E-state index contributed by atoms with van der Waals surface area (Å²) in [6.07, 6.45) is 2.81. The smallest absolute Gasteiger partial charge is 0.0975 e. The van der Waals surface area contributed by atoms with Crippen LogP contribution in [0.3, 0.4) is 0 Å². The molecular formula is C20H18N2. The van der Waals surface area contributed by atoms with Gasteiger partial charge in [0.05, 0.1) is 16.7 Å². The number of benzene rings is 3. The highest BCUT2D eigenvalue weighted by Gasteiger charge is 2.11. The first-order chi connectivity index (χ1) is 10.7. The fourth-order valence-corrected chi connectivity index (χ4v) is 3.16. The molecule has 0 aliphatic rings. The number of aromatic nitrogens is 2. The van der Waals surface area contributed by atoms with Crippen molar-refractivity contribution >= 4 is 32.6 Å². The van der Waals surface area contributed by atoms with Crippen LogP contribution in [0.5, 0.6) is 0 Å². The largest absolute Gasteiger partial charge is 0.252 e. The highest BCUT2D eigenvalue weighted by Crippen LogP contribution is 2.34. The minimum absolute atomic E-state index is 0.905. The van der Waals surface area contributed by atoms with Gasteiger partial charge in [0.1, 0.15) is 0 Å². The Morgan fingerprint density at radius 1 is 0.773 bits per heavy atom. The molecule has 2 heteroatoms. The molecule has 1 heterocycles. The zero-order valence-corrected chi connectivity index (χ0v) is 13.1. The lowest BCUT2D eigenvalue weighted by molar-refractivity contribution is 1.03. The fourth-order valence-electron chi connectivity index (χ4n) is 3.16. The predicted octanol–water partition coefficient (Wildman–Crippen LogP) is 5.12. The van der Waals surface area contributed by atoms with Crippen molar-refractivity contribution in [1.82, 2.24) is 9.97 Å². The molecule has 0 atom stereocenters. The molecule has 0 amide bonds. The van der Waals surface area contributed by atoms with Crippen LogP contribution < -0.4 is 0 Å². The van der Waals surface area contributed by atoms with E-state index in [-0.39, 0.29) is 0 Å². The Bertz CT molecular complexity index is 1030. The highest BCUT2D eigenvalue weighted by molar-refractivity contribution is 6.23. The first-order valence-electron chi connectivity index (χ1n) is 7.75. The van der Waals surface area contributed by atoms with Crippen LogP contribution in [0.15, 0.2) is 42.6 Å². The van der Waals surface area contributed by atoms with Crippen LogP contribution in [0.25, 0.3) is 32.6 Å². The van der Waals surface area contributed by atoms with Gasteiger partial charge in [-0.1, -0.05) is 42.3 Å². The number of nitrogens with zero attached hydrogens (tertiary/aromatic N) is 2. The van der Waals surface area contributed by atoms with E-state index in [1.807, 2.05) is 6.20 Å². The summed E-state index contributed by atoms with van der Waals surface area (Å²) in [6, 6.07) is 13.2. The van der Waals surface area contributed by atoms with Crippen molar-refractivity contribution < 1.29 is 0 Å². The fraction of sp³-hybridized carbons (Fsp3) is 0.200. The molecule has 1 aromatic heterocycles. The maximum Gasteiger partial charge on any atom is 0.0975 e. The maximum absolute atomic E-state index is 4.88. The van der Waals surface area contributed by atoms with E-state index in [0.717, 1.165) is 23.1 Å². The van der Waals surface area contributed by atoms with Gasteiger partial charge in [0.15, 0.2) is 0 Å². The minimum atomic E-state index is 0.905. The Labute approximate surface area is 129 Å². The van der Waals surface area contributed by atoms with Crippen molar-refractivity contribution in [3.8, 4) is 0 Å². The zero-order chi connectivity index (χ0) is 15.3. The van der Waals surface area contributed by atoms with Gasteiger partial charge in [-0.05, 0) is 43.2 Å². The molecule has 4 rings (SSSR count). The number of hydrogen-bond donors (Lipinski definition) is 0. The number of rotatable bonds is 1. The van der Waals surface area contributed by atoms with E-state index in [1.165, 1.54) is 32.7 Å². The summed E-state index contributed by atoms with van der Waals surface area (Å²) in [4.78, 5) is 9.62. The van der Waals surface area contributed by atoms with Crippen LogP contribution in [0.1, 0.15) is 23.7 Å². The predicted molar refractivity (Wildman–Crippen MR) is 93.4 cm³/mol. The Balaban J connectivity index is 2.33. The van der Waals surface area contributed by atoms with Crippen molar-refractivity contribution in [3.05, 3.63) is 59.4 Å². The SMILES string of the molecule is CCc1cnc2c3cc(C)ccc3c3ccc(C)cc3c2n1. The van der Waals surface area contributed by atoms with Gasteiger partial charge in [0.2, 0.25) is 0 Å². The average molecular weight is 286 g/mol. The van der Waals surface area contributed by atoms with Gasteiger partial charge in [-0.3, -0.25) is 4.98 Å². The molecule has 3 aromatic carbocycles. The van der Waals surface area contributed by atoms with Crippen LogP contribution in [0.2, 0.25) is 0 Å². The van der Waals surface area contributed by atoms with Crippen LogP contribution in [-0.4, -0.2) is 9.97 Å². The van der Waals surface area contributed by atoms with Crippen LogP contribution in [0, 0.1) is 13.8 Å². The van der Waals surface area contributed by atoms with E-state index in [2.05, 4.69) is 57.2 Å².